The van der Waals surface area contributed by atoms with Gasteiger partial charge in [-0.05, 0) is 0 Å². The Morgan fingerprint density at radius 2 is 1.71 bits per heavy atom. The summed E-state index contributed by atoms with van der Waals surface area (Å²) in [6, 6.07) is 0. The van der Waals surface area contributed by atoms with E-state index in [9.17, 15) is 0 Å². The first-order valence-electron chi connectivity index (χ1n) is 1.46. The van der Waals surface area contributed by atoms with Gasteiger partial charge in [-0.15, -0.1) is 0 Å². The van der Waals surface area contributed by atoms with Gasteiger partial charge >= 0.3 is 31.1 Å². The molecular weight excluding hydrogens is 312 g/mol. The summed E-state index contributed by atoms with van der Waals surface area (Å²) in [6.45, 7) is 9.51. The first-order valence-corrected chi connectivity index (χ1v) is 1.46. The average molecular weight is 321 g/mol. The molecule has 0 amide bonds. The predicted molar refractivity (Wildman–Crippen MR) is 28.6 cm³/mol. The summed E-state index contributed by atoms with van der Waals surface area (Å²) in [6.07, 6.45) is 3.50. The van der Waals surface area contributed by atoms with Gasteiger partial charge in [-0.2, -0.15) is 0 Å². The summed E-state index contributed by atoms with van der Waals surface area (Å²) in [7, 11) is 0. The molecule has 0 fully saturated rings. The summed E-state index contributed by atoms with van der Waals surface area (Å²) in [4.78, 5) is 0. The van der Waals surface area contributed by atoms with Crippen LogP contribution in [-0.2, 0) is 0 Å². The van der Waals surface area contributed by atoms with Crippen LogP contribution in [0, 0.1) is 44.2 Å². The molecule has 0 saturated carbocycles. The van der Waals surface area contributed by atoms with E-state index in [1.165, 1.54) is 6.08 Å². The van der Waals surface area contributed by atoms with Crippen molar-refractivity contribution in [3.8, 4) is 0 Å². The molecule has 38 valence electrons. The summed E-state index contributed by atoms with van der Waals surface area (Å²) >= 11 is 0. The van der Waals surface area contributed by atoms with Crippen LogP contribution >= 0.6 is 0 Å². The standard InChI is InChI=1S/C3H5.C2H4N.U/c1-3-2;1-2-3;/h3H,1-2H2;1,3H2;/q2*-1;+2. The topological polar surface area (TPSA) is 26.0 Å². The van der Waals surface area contributed by atoms with Gasteiger partial charge in [0, 0.05) is 0 Å². The van der Waals surface area contributed by atoms with Crippen molar-refractivity contribution in [2.45, 2.75) is 0 Å². The van der Waals surface area contributed by atoms with Crippen LogP contribution in [0.25, 0.3) is 0 Å². The number of hydrogen-bond acceptors (Lipinski definition) is 1. The molecule has 1 nitrogen and oxygen atoms in total. The van der Waals surface area contributed by atoms with Crippen molar-refractivity contribution in [3.63, 3.8) is 0 Å². The smallest absolute Gasteiger partial charge is 0.580 e. The van der Waals surface area contributed by atoms with Crippen LogP contribution in [0.4, 0.5) is 0 Å². The second kappa shape index (κ2) is 34.6. The first kappa shape index (κ1) is 15.7. The second-order valence-corrected chi connectivity index (χ2v) is 0.493. The maximum absolute atomic E-state index is 4.49. The Kier molecular flexibility index (Phi) is 77.6. The van der Waals surface area contributed by atoms with Crippen molar-refractivity contribution in [1.29, 1.82) is 0 Å². The summed E-state index contributed by atoms with van der Waals surface area (Å²) in [5.74, 6) is 0. The molecule has 2 heteroatoms. The monoisotopic (exact) mass is 321 g/mol. The SMILES string of the molecule is C=C[CH2-].C=[C-]N.[U+2]. The Balaban J connectivity index is -0.0000000400. The fraction of sp³-hybridized carbons (Fsp3) is 0. The molecule has 0 bridgehead atoms. The fourth-order valence-electron chi connectivity index (χ4n) is 0. The van der Waals surface area contributed by atoms with Crippen molar-refractivity contribution in [1.82, 2.24) is 0 Å². The molecule has 0 aromatic rings. The molecule has 7 heavy (non-hydrogen) atoms. The van der Waals surface area contributed by atoms with Crippen LogP contribution in [-0.4, -0.2) is 0 Å². The molecule has 0 aliphatic heterocycles. The third kappa shape index (κ3) is 2690. The Hall–Kier alpha value is 0.202. The predicted octanol–water partition coefficient (Wildman–Crippen LogP) is 0.898. The minimum Gasteiger partial charge on any atom is -0.580 e. The van der Waals surface area contributed by atoms with E-state index in [-0.39, 0.29) is 31.1 Å². The number of hydrogen-bond donors (Lipinski definition) is 1. The molecule has 0 radical (unpaired) electrons. The summed E-state index contributed by atoms with van der Waals surface area (Å²) in [5, 5.41) is 0. The number of allylic oxidation sites excluding steroid dienone is 1. The Bertz CT molecular complexity index is 29.1. The van der Waals surface area contributed by atoms with Crippen molar-refractivity contribution in [2.75, 3.05) is 0 Å². The third-order valence-electron chi connectivity index (χ3n) is 0. The Labute approximate surface area is 69.0 Å². The van der Waals surface area contributed by atoms with Crippen molar-refractivity contribution >= 4 is 0 Å². The molecule has 0 aromatic heterocycles. The van der Waals surface area contributed by atoms with Gasteiger partial charge < -0.3 is 11.9 Å². The van der Waals surface area contributed by atoms with Gasteiger partial charge in [-0.1, -0.05) is 0 Å². The maximum atomic E-state index is 4.49. The first-order chi connectivity index (χ1) is 2.83. The van der Waals surface area contributed by atoms with E-state index in [0.29, 0.717) is 0 Å². The zero-order valence-corrected chi connectivity index (χ0v) is 8.44. The van der Waals surface area contributed by atoms with Gasteiger partial charge in [0.1, 0.15) is 0 Å². The van der Waals surface area contributed by atoms with E-state index in [0.717, 1.165) is 0 Å². The van der Waals surface area contributed by atoms with Gasteiger partial charge in [0.2, 0.25) is 0 Å². The van der Waals surface area contributed by atoms with Crippen LogP contribution in [0.3, 0.4) is 0 Å². The molecular formula is C5H9NU. The molecule has 0 rings (SSSR count). The van der Waals surface area contributed by atoms with Gasteiger partial charge in [0.05, 0.1) is 0 Å². The quantitative estimate of drug-likeness (QED) is 0.521. The van der Waals surface area contributed by atoms with Crippen LogP contribution in [0.5, 0.6) is 0 Å². The van der Waals surface area contributed by atoms with Crippen LogP contribution < -0.4 is 5.73 Å². The molecule has 0 aliphatic carbocycles. The second-order valence-electron chi connectivity index (χ2n) is 0.493. The van der Waals surface area contributed by atoms with E-state index >= 15 is 0 Å². The van der Waals surface area contributed by atoms with Crippen molar-refractivity contribution in [3.05, 3.63) is 32.4 Å². The normalized spacial score (nSPS) is 3.43. The molecule has 0 spiro atoms. The number of rotatable bonds is 0. The molecule has 0 unspecified atom stereocenters. The minimum atomic E-state index is 0. The Morgan fingerprint density at radius 1 is 1.71 bits per heavy atom. The average Bonchev–Trinajstić information content (AvgIpc) is 1.39. The molecule has 2 N–H and O–H groups in total. The molecule has 0 heterocycles. The number of nitrogens with two attached hydrogens (primary N) is 1. The van der Waals surface area contributed by atoms with Crippen LogP contribution in [0.1, 0.15) is 0 Å². The van der Waals surface area contributed by atoms with Gasteiger partial charge in [0.25, 0.3) is 0 Å². The van der Waals surface area contributed by atoms with Crippen molar-refractivity contribution in [2.24, 2.45) is 5.73 Å². The molecule has 0 atom stereocenters. The molecule has 0 aliphatic rings. The van der Waals surface area contributed by atoms with Crippen LogP contribution in [0.15, 0.2) is 19.2 Å². The molecule has 0 saturated heterocycles. The zero-order valence-electron chi connectivity index (χ0n) is 4.28. The Morgan fingerprint density at radius 3 is 1.71 bits per heavy atom. The van der Waals surface area contributed by atoms with E-state index in [4.69, 9.17) is 0 Å². The van der Waals surface area contributed by atoms with Gasteiger partial charge in [0.15, 0.2) is 0 Å². The maximum Gasteiger partial charge on any atom is 2.00 e. The van der Waals surface area contributed by atoms with E-state index < -0.39 is 0 Å². The zero-order chi connectivity index (χ0) is 5.41. The van der Waals surface area contributed by atoms with Crippen LogP contribution in [0.2, 0.25) is 0 Å². The summed E-state index contributed by atoms with van der Waals surface area (Å²) < 4.78 is 0. The summed E-state index contributed by atoms with van der Waals surface area (Å²) in [5.41, 5.74) is 4.49. The van der Waals surface area contributed by atoms with Gasteiger partial charge in [-0.3, -0.25) is 6.58 Å². The van der Waals surface area contributed by atoms with E-state index in [1.807, 2.05) is 6.20 Å². The van der Waals surface area contributed by atoms with E-state index in [1.54, 1.807) is 0 Å². The van der Waals surface area contributed by atoms with Gasteiger partial charge in [-0.25, -0.2) is 19.6 Å². The molecule has 0 aromatic carbocycles. The van der Waals surface area contributed by atoms with E-state index in [2.05, 4.69) is 25.8 Å². The van der Waals surface area contributed by atoms with Crippen molar-refractivity contribution < 1.29 is 31.1 Å². The fourth-order valence-corrected chi connectivity index (χ4v) is 0. The minimum absolute atomic E-state index is 0. The third-order valence-corrected chi connectivity index (χ3v) is 0. The largest absolute Gasteiger partial charge is 2.00 e.